The summed E-state index contributed by atoms with van der Waals surface area (Å²) in [4.78, 5) is 0. The highest BCUT2D eigenvalue weighted by molar-refractivity contribution is 4.95. The van der Waals surface area contributed by atoms with E-state index in [0.29, 0.717) is 0 Å². The second kappa shape index (κ2) is 3.23. The van der Waals surface area contributed by atoms with Crippen molar-refractivity contribution in [3.63, 3.8) is 0 Å². The van der Waals surface area contributed by atoms with Crippen LogP contribution in [0, 0.1) is 17.8 Å². The topological polar surface area (TPSA) is 20.2 Å². The molecule has 1 nitrogen and oxygen atoms in total. The average molecular weight is 194 g/mol. The molecule has 0 aromatic heterocycles. The van der Waals surface area contributed by atoms with Crippen LogP contribution >= 0.6 is 0 Å². The Hall–Kier alpha value is -0.0400. The Labute approximate surface area is 86.9 Å². The summed E-state index contributed by atoms with van der Waals surface area (Å²) < 4.78 is 0. The molecule has 0 aliphatic heterocycles. The van der Waals surface area contributed by atoms with Crippen LogP contribution in [0.2, 0.25) is 0 Å². The summed E-state index contributed by atoms with van der Waals surface area (Å²) in [6, 6.07) is 0. The fraction of sp³-hybridized carbons (Fsp3) is 1.00. The molecule has 80 valence electrons. The van der Waals surface area contributed by atoms with Gasteiger partial charge in [-0.05, 0) is 56.3 Å². The monoisotopic (exact) mass is 194 g/mol. The molecular weight excluding hydrogens is 172 g/mol. The van der Waals surface area contributed by atoms with E-state index in [1.807, 2.05) is 0 Å². The molecule has 1 heteroatoms. The van der Waals surface area contributed by atoms with Gasteiger partial charge in [0.2, 0.25) is 0 Å². The van der Waals surface area contributed by atoms with Gasteiger partial charge in [-0.3, -0.25) is 0 Å². The van der Waals surface area contributed by atoms with Crippen molar-refractivity contribution < 1.29 is 5.11 Å². The van der Waals surface area contributed by atoms with Gasteiger partial charge >= 0.3 is 0 Å². The molecule has 1 N–H and O–H groups in total. The lowest BCUT2D eigenvalue weighted by atomic mass is 9.74. The maximum Gasteiger partial charge on any atom is 0.0653 e. The summed E-state index contributed by atoms with van der Waals surface area (Å²) in [6.07, 6.45) is 11.7. The third-order valence-corrected chi connectivity index (χ3v) is 4.51. The van der Waals surface area contributed by atoms with E-state index < -0.39 is 0 Å². The Morgan fingerprint density at radius 2 is 1.79 bits per heavy atom. The summed E-state index contributed by atoms with van der Waals surface area (Å²) in [6.45, 7) is 0. The number of rotatable bonds is 3. The second-order valence-corrected chi connectivity index (χ2v) is 6.07. The molecule has 0 heterocycles. The maximum absolute atomic E-state index is 10.5. The van der Waals surface area contributed by atoms with E-state index in [1.54, 1.807) is 0 Å². The number of hydrogen-bond donors (Lipinski definition) is 1. The van der Waals surface area contributed by atoms with Gasteiger partial charge in [0.25, 0.3) is 0 Å². The van der Waals surface area contributed by atoms with Crippen LogP contribution in [0.1, 0.15) is 57.8 Å². The minimum absolute atomic E-state index is 0.243. The zero-order valence-electron chi connectivity index (χ0n) is 9.04. The summed E-state index contributed by atoms with van der Waals surface area (Å²) in [5.74, 6) is 2.77. The van der Waals surface area contributed by atoms with Crippen molar-refractivity contribution in [2.24, 2.45) is 17.8 Å². The highest BCUT2D eigenvalue weighted by atomic mass is 16.3. The molecule has 3 fully saturated rings. The van der Waals surface area contributed by atoms with Crippen LogP contribution in [-0.4, -0.2) is 10.7 Å². The van der Waals surface area contributed by atoms with Crippen molar-refractivity contribution in [3.8, 4) is 0 Å². The molecule has 0 aromatic rings. The first-order chi connectivity index (χ1) is 6.75. The molecule has 0 amide bonds. The van der Waals surface area contributed by atoms with E-state index in [4.69, 9.17) is 0 Å². The lowest BCUT2D eigenvalue weighted by molar-refractivity contribution is -0.0311. The van der Waals surface area contributed by atoms with E-state index in [1.165, 1.54) is 38.5 Å². The van der Waals surface area contributed by atoms with Crippen molar-refractivity contribution in [1.82, 2.24) is 0 Å². The van der Waals surface area contributed by atoms with Gasteiger partial charge in [0.1, 0.15) is 0 Å². The minimum Gasteiger partial charge on any atom is -0.390 e. The third kappa shape index (κ3) is 1.98. The number of aliphatic hydroxyl groups is 1. The fourth-order valence-electron chi connectivity index (χ4n) is 3.40. The normalized spacial score (nSPS) is 43.9. The van der Waals surface area contributed by atoms with E-state index in [2.05, 4.69) is 0 Å². The number of hydrogen-bond acceptors (Lipinski definition) is 1. The summed E-state index contributed by atoms with van der Waals surface area (Å²) in [5.41, 5.74) is -0.243. The molecular formula is C13H22O. The molecule has 3 aliphatic rings. The molecule has 0 aromatic carbocycles. The first-order valence-corrected chi connectivity index (χ1v) is 6.48. The van der Waals surface area contributed by atoms with Gasteiger partial charge in [-0.15, -0.1) is 0 Å². The largest absolute Gasteiger partial charge is 0.390 e. The lowest BCUT2D eigenvalue weighted by Crippen LogP contribution is -2.36. The molecule has 3 saturated carbocycles. The highest BCUT2D eigenvalue weighted by Crippen LogP contribution is 2.49. The van der Waals surface area contributed by atoms with E-state index in [9.17, 15) is 5.11 Å². The van der Waals surface area contributed by atoms with Crippen molar-refractivity contribution in [3.05, 3.63) is 0 Å². The SMILES string of the molecule is OC1(CC2CC2)CCCC(C2CC2)C1. The van der Waals surface area contributed by atoms with E-state index >= 15 is 0 Å². The van der Waals surface area contributed by atoms with Crippen molar-refractivity contribution >= 4 is 0 Å². The second-order valence-electron chi connectivity index (χ2n) is 6.07. The van der Waals surface area contributed by atoms with Gasteiger partial charge in [-0.1, -0.05) is 19.3 Å². The average Bonchev–Trinajstić information content (AvgIpc) is 2.98. The molecule has 2 unspecified atom stereocenters. The van der Waals surface area contributed by atoms with Crippen LogP contribution in [0.4, 0.5) is 0 Å². The van der Waals surface area contributed by atoms with Crippen molar-refractivity contribution in [2.75, 3.05) is 0 Å². The molecule has 0 saturated heterocycles. The van der Waals surface area contributed by atoms with Crippen LogP contribution in [0.3, 0.4) is 0 Å². The predicted molar refractivity (Wildman–Crippen MR) is 57.0 cm³/mol. The Bertz CT molecular complexity index is 217. The molecule has 14 heavy (non-hydrogen) atoms. The highest BCUT2D eigenvalue weighted by Gasteiger charge is 2.43. The summed E-state index contributed by atoms with van der Waals surface area (Å²) >= 11 is 0. The van der Waals surface area contributed by atoms with Gasteiger partial charge in [-0.2, -0.15) is 0 Å². The fourth-order valence-corrected chi connectivity index (χ4v) is 3.40. The Morgan fingerprint density at radius 1 is 1.00 bits per heavy atom. The van der Waals surface area contributed by atoms with Crippen LogP contribution in [-0.2, 0) is 0 Å². The van der Waals surface area contributed by atoms with Gasteiger partial charge in [0.15, 0.2) is 0 Å². The first kappa shape index (κ1) is 9.21. The lowest BCUT2D eigenvalue weighted by Gasteiger charge is -2.37. The summed E-state index contributed by atoms with van der Waals surface area (Å²) in [5, 5.41) is 10.5. The smallest absolute Gasteiger partial charge is 0.0653 e. The van der Waals surface area contributed by atoms with Crippen LogP contribution in [0.25, 0.3) is 0 Å². The van der Waals surface area contributed by atoms with Gasteiger partial charge in [0.05, 0.1) is 5.60 Å². The molecule has 0 bridgehead atoms. The Morgan fingerprint density at radius 3 is 2.43 bits per heavy atom. The quantitative estimate of drug-likeness (QED) is 0.732. The Kier molecular flexibility index (Phi) is 2.12. The van der Waals surface area contributed by atoms with Gasteiger partial charge in [-0.25, -0.2) is 0 Å². The molecule has 0 radical (unpaired) electrons. The zero-order chi connectivity index (χ0) is 9.60. The zero-order valence-corrected chi connectivity index (χ0v) is 9.04. The van der Waals surface area contributed by atoms with Gasteiger partial charge < -0.3 is 5.11 Å². The minimum atomic E-state index is -0.243. The van der Waals surface area contributed by atoms with Crippen molar-refractivity contribution in [2.45, 2.75) is 63.4 Å². The van der Waals surface area contributed by atoms with E-state index in [0.717, 1.165) is 37.0 Å². The first-order valence-electron chi connectivity index (χ1n) is 6.48. The summed E-state index contributed by atoms with van der Waals surface area (Å²) in [7, 11) is 0. The van der Waals surface area contributed by atoms with Crippen molar-refractivity contribution in [1.29, 1.82) is 0 Å². The van der Waals surface area contributed by atoms with E-state index in [-0.39, 0.29) is 5.60 Å². The Balaban J connectivity index is 1.60. The predicted octanol–water partition coefficient (Wildman–Crippen LogP) is 3.12. The molecule has 3 aliphatic carbocycles. The third-order valence-electron chi connectivity index (χ3n) is 4.51. The van der Waals surface area contributed by atoms with Gasteiger partial charge in [0, 0.05) is 0 Å². The standard InChI is InChI=1S/C13H22O/c14-13(8-10-3-4-10)7-1-2-12(9-13)11-5-6-11/h10-12,14H,1-9H2. The van der Waals surface area contributed by atoms with Crippen LogP contribution < -0.4 is 0 Å². The molecule has 3 rings (SSSR count). The van der Waals surface area contributed by atoms with Crippen LogP contribution in [0.15, 0.2) is 0 Å². The van der Waals surface area contributed by atoms with Crippen LogP contribution in [0.5, 0.6) is 0 Å². The molecule has 2 atom stereocenters. The molecule has 0 spiro atoms. The maximum atomic E-state index is 10.5.